The third-order valence-electron chi connectivity index (χ3n) is 2.39. The van der Waals surface area contributed by atoms with E-state index in [-0.39, 0.29) is 23.3 Å². The van der Waals surface area contributed by atoms with Gasteiger partial charge >= 0.3 is 5.97 Å². The van der Waals surface area contributed by atoms with Crippen molar-refractivity contribution in [3.63, 3.8) is 0 Å². The van der Waals surface area contributed by atoms with Crippen LogP contribution in [0.25, 0.3) is 0 Å². The highest BCUT2D eigenvalue weighted by atomic mass is 32.1. The summed E-state index contributed by atoms with van der Waals surface area (Å²) in [5.41, 5.74) is 0.0198. The molecule has 0 aliphatic heterocycles. The van der Waals surface area contributed by atoms with Crippen molar-refractivity contribution in [2.75, 3.05) is 5.75 Å². The summed E-state index contributed by atoms with van der Waals surface area (Å²) >= 11 is 3.92. The lowest BCUT2D eigenvalue weighted by Gasteiger charge is -2.18. The summed E-state index contributed by atoms with van der Waals surface area (Å²) in [6.45, 7) is 0. The number of thiol groups is 1. The molecule has 1 rings (SSSR count). The molecule has 1 aromatic rings. The van der Waals surface area contributed by atoms with Crippen LogP contribution in [0.4, 0.5) is 0 Å². The lowest BCUT2D eigenvalue weighted by molar-refractivity contribution is 0.0159. The van der Waals surface area contributed by atoms with Crippen LogP contribution in [0.5, 0.6) is 5.75 Å². The van der Waals surface area contributed by atoms with Crippen molar-refractivity contribution in [1.82, 2.24) is 0 Å². The van der Waals surface area contributed by atoms with Crippen LogP contribution >= 0.6 is 12.6 Å². The molecular formula is C11H14O5S. The second-order valence-electron chi connectivity index (χ2n) is 3.60. The number of aliphatic hydroxyl groups excluding tert-OH is 2. The van der Waals surface area contributed by atoms with Crippen molar-refractivity contribution < 1.29 is 25.2 Å². The summed E-state index contributed by atoms with van der Waals surface area (Å²) in [6, 6.07) is 3.58. The summed E-state index contributed by atoms with van der Waals surface area (Å²) in [6.07, 6.45) is -2.04. The molecular weight excluding hydrogens is 244 g/mol. The van der Waals surface area contributed by atoms with Gasteiger partial charge in [-0.1, -0.05) is 6.07 Å². The smallest absolute Gasteiger partial charge is 0.335 e. The van der Waals surface area contributed by atoms with Gasteiger partial charge in [0.1, 0.15) is 11.9 Å². The molecule has 0 aromatic heterocycles. The number of hydrogen-bond acceptors (Lipinski definition) is 5. The van der Waals surface area contributed by atoms with E-state index < -0.39 is 18.2 Å². The van der Waals surface area contributed by atoms with Crippen LogP contribution in [0, 0.1) is 0 Å². The molecule has 0 spiro atoms. The third kappa shape index (κ3) is 3.36. The number of rotatable bonds is 5. The van der Waals surface area contributed by atoms with Gasteiger partial charge in [-0.25, -0.2) is 4.79 Å². The molecule has 0 saturated heterocycles. The quantitative estimate of drug-likeness (QED) is 0.503. The van der Waals surface area contributed by atoms with Gasteiger partial charge in [0.05, 0.1) is 11.7 Å². The molecule has 0 aliphatic carbocycles. The predicted octanol–water partition coefficient (Wildman–Crippen LogP) is 0.805. The van der Waals surface area contributed by atoms with Crippen molar-refractivity contribution in [3.05, 3.63) is 29.3 Å². The fourth-order valence-electron chi connectivity index (χ4n) is 1.42. The Bertz CT molecular complexity index is 407. The Balaban J connectivity index is 2.95. The predicted molar refractivity (Wildman–Crippen MR) is 64.5 cm³/mol. The number of carbonyl (C=O) groups is 1. The molecule has 0 amide bonds. The molecule has 94 valence electrons. The van der Waals surface area contributed by atoms with Crippen molar-refractivity contribution in [1.29, 1.82) is 0 Å². The average Bonchev–Trinajstić information content (AvgIpc) is 2.28. The fraction of sp³-hybridized carbons (Fsp3) is 0.364. The van der Waals surface area contributed by atoms with E-state index in [2.05, 4.69) is 12.6 Å². The Morgan fingerprint density at radius 1 is 1.35 bits per heavy atom. The molecule has 4 N–H and O–H groups in total. The first-order valence-electron chi connectivity index (χ1n) is 5.00. The summed E-state index contributed by atoms with van der Waals surface area (Å²) in [4.78, 5) is 10.6. The highest BCUT2D eigenvalue weighted by Crippen LogP contribution is 2.28. The largest absolute Gasteiger partial charge is 0.508 e. The molecule has 0 radical (unpaired) electrons. The monoisotopic (exact) mass is 258 g/mol. The second kappa shape index (κ2) is 5.90. The molecule has 0 aliphatic rings. The zero-order chi connectivity index (χ0) is 13.0. The van der Waals surface area contributed by atoms with Crippen molar-refractivity contribution in [3.8, 4) is 5.75 Å². The molecule has 2 unspecified atom stereocenters. The first-order valence-corrected chi connectivity index (χ1v) is 5.63. The number of aromatic carboxylic acids is 1. The minimum absolute atomic E-state index is 0.0814. The van der Waals surface area contributed by atoms with Crippen LogP contribution in [0.15, 0.2) is 18.2 Å². The van der Waals surface area contributed by atoms with E-state index in [1.165, 1.54) is 12.1 Å². The Labute approximate surface area is 104 Å². The van der Waals surface area contributed by atoms with Crippen LogP contribution in [0.1, 0.15) is 28.4 Å². The minimum Gasteiger partial charge on any atom is -0.508 e. The van der Waals surface area contributed by atoms with Crippen LogP contribution < -0.4 is 0 Å². The molecule has 6 heteroatoms. The number of carboxylic acids is 1. The maximum absolute atomic E-state index is 10.6. The lowest BCUT2D eigenvalue weighted by atomic mass is 10.00. The van der Waals surface area contributed by atoms with Gasteiger partial charge in [0.15, 0.2) is 0 Å². The minimum atomic E-state index is -1.26. The van der Waals surface area contributed by atoms with Crippen LogP contribution in [-0.2, 0) is 0 Å². The van der Waals surface area contributed by atoms with Gasteiger partial charge in [-0.3, -0.25) is 0 Å². The summed E-state index contributed by atoms with van der Waals surface area (Å²) < 4.78 is 0. The summed E-state index contributed by atoms with van der Waals surface area (Å²) in [5.74, 6) is -1.13. The molecule has 0 bridgehead atoms. The maximum atomic E-state index is 10.6. The molecule has 5 nitrogen and oxygen atoms in total. The van der Waals surface area contributed by atoms with E-state index in [1.807, 2.05) is 0 Å². The van der Waals surface area contributed by atoms with Gasteiger partial charge in [-0.05, 0) is 24.3 Å². The summed E-state index contributed by atoms with van der Waals surface area (Å²) in [5, 5.41) is 37.6. The number of hydrogen-bond donors (Lipinski definition) is 5. The molecule has 0 saturated carbocycles. The zero-order valence-electron chi connectivity index (χ0n) is 8.95. The normalized spacial score (nSPS) is 14.3. The second-order valence-corrected chi connectivity index (χ2v) is 4.05. The number of aromatic hydroxyl groups is 1. The Morgan fingerprint density at radius 3 is 2.47 bits per heavy atom. The van der Waals surface area contributed by atoms with E-state index in [1.54, 1.807) is 0 Å². The molecule has 2 atom stereocenters. The third-order valence-corrected chi connectivity index (χ3v) is 2.64. The van der Waals surface area contributed by atoms with E-state index >= 15 is 0 Å². The van der Waals surface area contributed by atoms with Crippen molar-refractivity contribution in [2.24, 2.45) is 0 Å². The van der Waals surface area contributed by atoms with Gasteiger partial charge < -0.3 is 20.4 Å². The number of benzene rings is 1. The molecule has 0 heterocycles. The van der Waals surface area contributed by atoms with Gasteiger partial charge in [-0.2, -0.15) is 12.6 Å². The standard InChI is InChI=1S/C11H14O5S/c12-8(3-4-17)10(14)7-2-1-6(11(15)16)5-9(7)13/h1-2,5,8,10,12-14,17H,3-4H2,(H,15,16). The SMILES string of the molecule is O=C(O)c1ccc(C(O)C(O)CCS)c(O)c1. The fourth-order valence-corrected chi connectivity index (χ4v) is 1.69. The van der Waals surface area contributed by atoms with Gasteiger partial charge in [0.25, 0.3) is 0 Å². The summed E-state index contributed by atoms with van der Waals surface area (Å²) in [7, 11) is 0. The van der Waals surface area contributed by atoms with E-state index in [0.717, 1.165) is 6.07 Å². The average molecular weight is 258 g/mol. The van der Waals surface area contributed by atoms with Crippen LogP contribution in [0.2, 0.25) is 0 Å². The first-order chi connectivity index (χ1) is 7.97. The van der Waals surface area contributed by atoms with E-state index in [0.29, 0.717) is 5.75 Å². The lowest BCUT2D eigenvalue weighted by Crippen LogP contribution is -2.19. The molecule has 1 aromatic carbocycles. The van der Waals surface area contributed by atoms with Crippen molar-refractivity contribution >= 4 is 18.6 Å². The van der Waals surface area contributed by atoms with E-state index in [4.69, 9.17) is 5.11 Å². The first kappa shape index (κ1) is 13.8. The Hall–Kier alpha value is -1.24. The maximum Gasteiger partial charge on any atom is 0.335 e. The van der Waals surface area contributed by atoms with Crippen LogP contribution in [0.3, 0.4) is 0 Å². The highest BCUT2D eigenvalue weighted by Gasteiger charge is 2.21. The van der Waals surface area contributed by atoms with Gasteiger partial charge in [0, 0.05) is 5.56 Å². The Morgan fingerprint density at radius 2 is 2.00 bits per heavy atom. The van der Waals surface area contributed by atoms with Crippen LogP contribution in [-0.4, -0.2) is 38.3 Å². The van der Waals surface area contributed by atoms with Gasteiger partial charge in [-0.15, -0.1) is 0 Å². The number of carboxylic acid groups (broad SMARTS) is 1. The number of aliphatic hydroxyl groups is 2. The number of phenols is 1. The Kier molecular flexibility index (Phi) is 4.80. The number of phenolic OH excluding ortho intramolecular Hbond substituents is 1. The van der Waals surface area contributed by atoms with Gasteiger partial charge in [0.2, 0.25) is 0 Å². The van der Waals surface area contributed by atoms with Crippen molar-refractivity contribution in [2.45, 2.75) is 18.6 Å². The highest BCUT2D eigenvalue weighted by molar-refractivity contribution is 7.80. The van der Waals surface area contributed by atoms with E-state index in [9.17, 15) is 20.1 Å². The molecule has 17 heavy (non-hydrogen) atoms. The topological polar surface area (TPSA) is 98.0 Å². The molecule has 0 fully saturated rings. The zero-order valence-corrected chi connectivity index (χ0v) is 9.84.